The van der Waals surface area contributed by atoms with Crippen LogP contribution < -0.4 is 5.73 Å². The van der Waals surface area contributed by atoms with E-state index in [2.05, 4.69) is 0 Å². The monoisotopic (exact) mass is 265 g/mol. The smallest absolute Gasteiger partial charge is 0.249 e. The Morgan fingerprint density at radius 1 is 1.00 bits per heavy atom. The third-order valence-electron chi connectivity index (χ3n) is 2.38. The van der Waals surface area contributed by atoms with Crippen LogP contribution in [0.4, 0.5) is 0 Å². The second-order valence-corrected chi connectivity index (χ2v) is 4.44. The fourth-order valence-corrected chi connectivity index (χ4v) is 1.99. The average Bonchev–Trinajstić information content (AvgIpc) is 2.28. The molecule has 0 aromatic heterocycles. The third-order valence-corrected chi connectivity index (χ3v) is 2.85. The van der Waals surface area contributed by atoms with Gasteiger partial charge in [0.1, 0.15) is 0 Å². The first-order valence-electron chi connectivity index (χ1n) is 4.93. The molecule has 0 fully saturated rings. The zero-order chi connectivity index (χ0) is 12.4. The van der Waals surface area contributed by atoms with Crippen molar-refractivity contribution >= 4 is 29.1 Å². The largest absolute Gasteiger partial charge is 0.366 e. The van der Waals surface area contributed by atoms with E-state index in [9.17, 15) is 4.79 Å². The van der Waals surface area contributed by atoms with Gasteiger partial charge in [0.15, 0.2) is 0 Å². The van der Waals surface area contributed by atoms with Crippen LogP contribution in [0.15, 0.2) is 42.5 Å². The molecule has 2 N–H and O–H groups in total. The number of hydrogen-bond acceptors (Lipinski definition) is 1. The molecule has 17 heavy (non-hydrogen) atoms. The van der Waals surface area contributed by atoms with Gasteiger partial charge in [0, 0.05) is 15.6 Å². The van der Waals surface area contributed by atoms with Crippen molar-refractivity contribution < 1.29 is 4.79 Å². The van der Waals surface area contributed by atoms with Gasteiger partial charge < -0.3 is 5.73 Å². The first-order valence-corrected chi connectivity index (χ1v) is 5.69. The Morgan fingerprint density at radius 2 is 1.71 bits per heavy atom. The number of rotatable bonds is 2. The van der Waals surface area contributed by atoms with Crippen molar-refractivity contribution in [2.75, 3.05) is 0 Å². The SMILES string of the molecule is NC(=O)c1cc(Cl)ccc1-c1cccc(Cl)c1. The Bertz CT molecular complexity index is 581. The molecule has 0 aliphatic heterocycles. The molecule has 0 radical (unpaired) electrons. The van der Waals surface area contributed by atoms with Crippen molar-refractivity contribution in [1.29, 1.82) is 0 Å². The zero-order valence-electron chi connectivity index (χ0n) is 8.78. The molecule has 0 bridgehead atoms. The van der Waals surface area contributed by atoms with Gasteiger partial charge in [0.25, 0.3) is 0 Å². The molecule has 2 rings (SSSR count). The summed E-state index contributed by atoms with van der Waals surface area (Å²) >= 11 is 11.8. The van der Waals surface area contributed by atoms with Crippen molar-refractivity contribution in [3.05, 3.63) is 58.1 Å². The lowest BCUT2D eigenvalue weighted by Gasteiger charge is -2.07. The molecule has 0 spiro atoms. The fourth-order valence-electron chi connectivity index (χ4n) is 1.63. The maximum Gasteiger partial charge on any atom is 0.249 e. The van der Waals surface area contributed by atoms with Crippen LogP contribution in [0.25, 0.3) is 11.1 Å². The van der Waals surface area contributed by atoms with Gasteiger partial charge in [-0.25, -0.2) is 0 Å². The molecule has 0 saturated heterocycles. The molecule has 0 unspecified atom stereocenters. The van der Waals surface area contributed by atoms with Crippen LogP contribution in [-0.4, -0.2) is 5.91 Å². The predicted octanol–water partition coefficient (Wildman–Crippen LogP) is 3.76. The molecule has 0 saturated carbocycles. The Morgan fingerprint density at radius 3 is 2.35 bits per heavy atom. The molecule has 0 aliphatic carbocycles. The van der Waals surface area contributed by atoms with E-state index in [-0.39, 0.29) is 0 Å². The quantitative estimate of drug-likeness (QED) is 0.883. The van der Waals surface area contributed by atoms with Crippen LogP contribution in [0.3, 0.4) is 0 Å². The number of hydrogen-bond donors (Lipinski definition) is 1. The van der Waals surface area contributed by atoms with E-state index in [1.165, 1.54) is 0 Å². The lowest BCUT2D eigenvalue weighted by Crippen LogP contribution is -2.12. The second-order valence-electron chi connectivity index (χ2n) is 3.56. The van der Waals surface area contributed by atoms with Gasteiger partial charge in [0.05, 0.1) is 0 Å². The van der Waals surface area contributed by atoms with Crippen molar-refractivity contribution in [1.82, 2.24) is 0 Å². The zero-order valence-corrected chi connectivity index (χ0v) is 10.3. The number of halogens is 2. The summed E-state index contributed by atoms with van der Waals surface area (Å²) in [5, 5.41) is 1.08. The topological polar surface area (TPSA) is 43.1 Å². The Balaban J connectivity index is 2.63. The number of benzene rings is 2. The molecule has 2 aromatic rings. The molecule has 0 heterocycles. The number of amides is 1. The Kier molecular flexibility index (Phi) is 3.36. The van der Waals surface area contributed by atoms with E-state index in [0.29, 0.717) is 15.6 Å². The highest BCUT2D eigenvalue weighted by Gasteiger charge is 2.10. The minimum Gasteiger partial charge on any atom is -0.366 e. The molecule has 2 aromatic carbocycles. The minimum absolute atomic E-state index is 0.389. The van der Waals surface area contributed by atoms with Gasteiger partial charge in [-0.3, -0.25) is 4.79 Å². The minimum atomic E-state index is -0.512. The molecule has 2 nitrogen and oxygen atoms in total. The number of carbonyl (C=O) groups excluding carboxylic acids is 1. The van der Waals surface area contributed by atoms with Gasteiger partial charge in [-0.05, 0) is 35.4 Å². The average molecular weight is 266 g/mol. The maximum atomic E-state index is 11.4. The van der Waals surface area contributed by atoms with Crippen molar-refractivity contribution in [3.63, 3.8) is 0 Å². The molecule has 86 valence electrons. The van der Waals surface area contributed by atoms with E-state index < -0.39 is 5.91 Å². The molecular formula is C13H9Cl2NO. The second kappa shape index (κ2) is 4.78. The van der Waals surface area contributed by atoms with Crippen LogP contribution in [0.1, 0.15) is 10.4 Å². The first-order chi connectivity index (χ1) is 8.08. The highest BCUT2D eigenvalue weighted by atomic mass is 35.5. The van der Waals surface area contributed by atoms with Crippen LogP contribution in [0.2, 0.25) is 10.0 Å². The third kappa shape index (κ3) is 2.60. The van der Waals surface area contributed by atoms with E-state index >= 15 is 0 Å². The van der Waals surface area contributed by atoms with Crippen LogP contribution >= 0.6 is 23.2 Å². The summed E-state index contributed by atoms with van der Waals surface area (Å²) in [5.74, 6) is -0.512. The summed E-state index contributed by atoms with van der Waals surface area (Å²) in [6.45, 7) is 0. The Labute approximate surface area is 109 Å². The van der Waals surface area contributed by atoms with Gasteiger partial charge in [-0.15, -0.1) is 0 Å². The van der Waals surface area contributed by atoms with E-state index in [1.54, 1.807) is 30.3 Å². The normalized spacial score (nSPS) is 10.2. The lowest BCUT2D eigenvalue weighted by molar-refractivity contribution is 0.100. The van der Waals surface area contributed by atoms with Gasteiger partial charge >= 0.3 is 0 Å². The summed E-state index contributed by atoms with van der Waals surface area (Å²) in [4.78, 5) is 11.4. The van der Waals surface area contributed by atoms with Gasteiger partial charge in [-0.2, -0.15) is 0 Å². The van der Waals surface area contributed by atoms with Crippen molar-refractivity contribution in [2.24, 2.45) is 5.73 Å². The standard InChI is InChI=1S/C13H9Cl2NO/c14-9-3-1-2-8(6-9)11-5-4-10(15)7-12(11)13(16)17/h1-7H,(H2,16,17). The predicted molar refractivity (Wildman–Crippen MR) is 70.4 cm³/mol. The molecule has 4 heteroatoms. The molecule has 0 aliphatic rings. The summed E-state index contributed by atoms with van der Waals surface area (Å²) < 4.78 is 0. The molecular weight excluding hydrogens is 257 g/mol. The summed E-state index contributed by atoms with van der Waals surface area (Å²) in [6, 6.07) is 12.2. The summed E-state index contributed by atoms with van der Waals surface area (Å²) in [7, 11) is 0. The van der Waals surface area contributed by atoms with Gasteiger partial charge in [0.2, 0.25) is 5.91 Å². The molecule has 0 atom stereocenters. The van der Waals surface area contributed by atoms with E-state index in [0.717, 1.165) is 11.1 Å². The van der Waals surface area contributed by atoms with Crippen molar-refractivity contribution in [2.45, 2.75) is 0 Å². The van der Waals surface area contributed by atoms with Crippen molar-refractivity contribution in [3.8, 4) is 11.1 Å². The van der Waals surface area contributed by atoms with E-state index in [4.69, 9.17) is 28.9 Å². The Hall–Kier alpha value is -1.51. The number of primary amides is 1. The summed E-state index contributed by atoms with van der Waals surface area (Å²) in [6.07, 6.45) is 0. The maximum absolute atomic E-state index is 11.4. The highest BCUT2D eigenvalue weighted by molar-refractivity contribution is 6.31. The molecule has 1 amide bonds. The highest BCUT2D eigenvalue weighted by Crippen LogP contribution is 2.28. The van der Waals surface area contributed by atoms with Crippen LogP contribution in [0, 0.1) is 0 Å². The number of carbonyl (C=O) groups is 1. The first kappa shape index (κ1) is 12.0. The van der Waals surface area contributed by atoms with E-state index in [1.807, 2.05) is 12.1 Å². The van der Waals surface area contributed by atoms with Crippen LogP contribution in [-0.2, 0) is 0 Å². The number of nitrogens with two attached hydrogens (primary N) is 1. The fraction of sp³-hybridized carbons (Fsp3) is 0. The lowest BCUT2D eigenvalue weighted by atomic mass is 9.99. The van der Waals surface area contributed by atoms with Crippen LogP contribution in [0.5, 0.6) is 0 Å². The summed E-state index contributed by atoms with van der Waals surface area (Å²) in [5.41, 5.74) is 7.28. The van der Waals surface area contributed by atoms with Gasteiger partial charge in [-0.1, -0.05) is 41.4 Å².